The van der Waals surface area contributed by atoms with Gasteiger partial charge < -0.3 is 13.9 Å². The molecule has 0 bridgehead atoms. The molecule has 2 aliphatic rings. The van der Waals surface area contributed by atoms with E-state index in [-0.39, 0.29) is 41.1 Å². The zero-order chi connectivity index (χ0) is 25.2. The van der Waals surface area contributed by atoms with E-state index in [9.17, 15) is 9.46 Å². The number of phosphoric ester groups is 1. The van der Waals surface area contributed by atoms with Gasteiger partial charge in [0, 0.05) is 11.1 Å². The molecule has 0 fully saturated rings. The third kappa shape index (κ3) is 5.76. The molecule has 0 amide bonds. The third-order valence-electron chi connectivity index (χ3n) is 7.00. The molecule has 0 N–H and O–H groups in total. The van der Waals surface area contributed by atoms with Gasteiger partial charge in [-0.1, -0.05) is 97.1 Å². The van der Waals surface area contributed by atoms with Crippen molar-refractivity contribution in [1.29, 1.82) is 0 Å². The quantitative estimate of drug-likeness (QED) is 0.296. The van der Waals surface area contributed by atoms with Crippen LogP contribution in [0.15, 0.2) is 97.1 Å². The number of phosphoric acid groups is 1. The van der Waals surface area contributed by atoms with Crippen LogP contribution in [0.3, 0.4) is 0 Å². The zero-order valence-electron chi connectivity index (χ0n) is 21.3. The standard InChI is InChI=1S/C32H27O4P.Na/c33-37(34,35-31-21-27-13-3-1-9-23(27)17-19-25-11-5-7-15-29(25)31)36-32-22-28-14-4-2-10-24(28)18-20-26-12-6-8-16-30(26)32;/h1-16,21-22H,17-20H2,(H,33,34);/q;+1/p-1/b31-21+,32-22+;. The Morgan fingerprint density at radius 3 is 1.32 bits per heavy atom. The predicted octanol–water partition coefficient (Wildman–Crippen LogP) is 4.09. The van der Waals surface area contributed by atoms with Crippen LogP contribution in [0.1, 0.15) is 44.5 Å². The molecule has 184 valence electrons. The minimum atomic E-state index is -4.82. The number of aryl methyl sites for hydroxylation is 4. The van der Waals surface area contributed by atoms with Crippen LogP contribution in [0.4, 0.5) is 0 Å². The smallest absolute Gasteiger partial charge is 0.736 e. The third-order valence-corrected chi connectivity index (χ3v) is 7.84. The molecule has 38 heavy (non-hydrogen) atoms. The minimum Gasteiger partial charge on any atom is -0.736 e. The molecule has 0 unspecified atom stereocenters. The molecule has 4 aromatic carbocycles. The van der Waals surface area contributed by atoms with E-state index in [1.165, 1.54) is 0 Å². The van der Waals surface area contributed by atoms with Crippen molar-refractivity contribution in [1.82, 2.24) is 0 Å². The maximum absolute atomic E-state index is 13.5. The average molecular weight is 529 g/mol. The topological polar surface area (TPSA) is 58.6 Å². The van der Waals surface area contributed by atoms with Crippen molar-refractivity contribution in [2.75, 3.05) is 0 Å². The van der Waals surface area contributed by atoms with Gasteiger partial charge >= 0.3 is 37.4 Å². The predicted molar refractivity (Wildman–Crippen MR) is 146 cm³/mol. The van der Waals surface area contributed by atoms with Gasteiger partial charge in [0.1, 0.15) is 11.5 Å². The van der Waals surface area contributed by atoms with Gasteiger partial charge in [-0.3, -0.25) is 0 Å². The van der Waals surface area contributed by atoms with E-state index in [1.54, 1.807) is 12.2 Å². The van der Waals surface area contributed by atoms with Gasteiger partial charge in [0.05, 0.1) is 0 Å². The summed E-state index contributed by atoms with van der Waals surface area (Å²) in [7, 11) is -4.82. The van der Waals surface area contributed by atoms with Crippen LogP contribution < -0.4 is 34.5 Å². The normalized spacial score (nSPS) is 17.0. The summed E-state index contributed by atoms with van der Waals surface area (Å²) in [6.45, 7) is 0. The maximum Gasteiger partial charge on any atom is 1.00 e. The van der Waals surface area contributed by atoms with Crippen molar-refractivity contribution < 1.29 is 48.1 Å². The summed E-state index contributed by atoms with van der Waals surface area (Å²) in [5, 5.41) is 0. The summed E-state index contributed by atoms with van der Waals surface area (Å²) in [6, 6.07) is 31.5. The van der Waals surface area contributed by atoms with Crippen LogP contribution in [-0.2, 0) is 39.3 Å². The van der Waals surface area contributed by atoms with Gasteiger partial charge in [0.15, 0.2) is 0 Å². The molecule has 0 radical (unpaired) electrons. The number of hydrogen-bond donors (Lipinski definition) is 0. The molecule has 0 spiro atoms. The maximum atomic E-state index is 13.5. The van der Waals surface area contributed by atoms with E-state index in [4.69, 9.17) is 9.05 Å². The summed E-state index contributed by atoms with van der Waals surface area (Å²) in [4.78, 5) is 13.5. The van der Waals surface area contributed by atoms with Crippen LogP contribution in [-0.4, -0.2) is 0 Å². The first kappa shape index (κ1) is 26.7. The van der Waals surface area contributed by atoms with Crippen LogP contribution in [0, 0.1) is 0 Å². The number of rotatable bonds is 4. The fourth-order valence-corrected chi connectivity index (χ4v) is 5.97. The van der Waals surface area contributed by atoms with Crippen LogP contribution in [0.25, 0.3) is 23.7 Å². The zero-order valence-corrected chi connectivity index (χ0v) is 24.2. The monoisotopic (exact) mass is 528 g/mol. The van der Waals surface area contributed by atoms with Crippen LogP contribution in [0.2, 0.25) is 0 Å². The summed E-state index contributed by atoms with van der Waals surface area (Å²) < 4.78 is 25.1. The summed E-state index contributed by atoms with van der Waals surface area (Å²) in [5.41, 5.74) is 7.76. The van der Waals surface area contributed by atoms with E-state index >= 15 is 0 Å². The second kappa shape index (κ2) is 11.5. The van der Waals surface area contributed by atoms with Crippen molar-refractivity contribution in [3.63, 3.8) is 0 Å². The summed E-state index contributed by atoms with van der Waals surface area (Å²) in [6.07, 6.45) is 6.91. The fraction of sp³-hybridized carbons (Fsp3) is 0.125. The Kier molecular flexibility index (Phi) is 8.09. The Morgan fingerprint density at radius 2 is 0.868 bits per heavy atom. The molecule has 0 aromatic heterocycles. The van der Waals surface area contributed by atoms with E-state index < -0.39 is 7.82 Å². The van der Waals surface area contributed by atoms with Gasteiger partial charge in [-0.15, -0.1) is 0 Å². The van der Waals surface area contributed by atoms with E-state index in [2.05, 4.69) is 12.1 Å². The van der Waals surface area contributed by atoms with E-state index in [0.717, 1.165) is 70.2 Å². The van der Waals surface area contributed by atoms with Gasteiger partial charge in [-0.25, -0.2) is 4.57 Å². The molecule has 4 aromatic rings. The Hall–Kier alpha value is -2.85. The molecule has 4 nitrogen and oxygen atoms in total. The van der Waals surface area contributed by atoms with Crippen molar-refractivity contribution in [2.24, 2.45) is 0 Å². The molecule has 6 heteroatoms. The molecule has 0 saturated heterocycles. The molecule has 6 rings (SSSR count). The second-order valence-electron chi connectivity index (χ2n) is 9.36. The molecule has 0 aliphatic heterocycles. The number of benzene rings is 4. The van der Waals surface area contributed by atoms with Crippen molar-refractivity contribution in [3.05, 3.63) is 142 Å². The van der Waals surface area contributed by atoms with E-state index in [1.807, 2.05) is 84.9 Å². The van der Waals surface area contributed by atoms with E-state index in [0.29, 0.717) is 0 Å². The molecule has 0 atom stereocenters. The Morgan fingerprint density at radius 1 is 0.526 bits per heavy atom. The van der Waals surface area contributed by atoms with Gasteiger partial charge in [-0.05, 0) is 71.2 Å². The number of hydrogen-bond acceptors (Lipinski definition) is 4. The average Bonchev–Trinajstić information content (AvgIpc) is 2.89. The molecular formula is C32H26NaO4P. The Balaban J connectivity index is 0.00000294. The Bertz CT molecular complexity index is 1470. The summed E-state index contributed by atoms with van der Waals surface area (Å²) >= 11 is 0. The minimum absolute atomic E-state index is 0. The number of fused-ring (bicyclic) bond motifs is 4. The first-order valence-electron chi connectivity index (χ1n) is 12.5. The van der Waals surface area contributed by atoms with Gasteiger partial charge in [-0.2, -0.15) is 0 Å². The van der Waals surface area contributed by atoms with Crippen LogP contribution in [0.5, 0.6) is 0 Å². The van der Waals surface area contributed by atoms with Crippen molar-refractivity contribution in [3.8, 4) is 0 Å². The summed E-state index contributed by atoms with van der Waals surface area (Å²) in [5.74, 6) is 0.530. The van der Waals surface area contributed by atoms with Gasteiger partial charge in [0.2, 0.25) is 0 Å². The Labute approximate surface area is 245 Å². The van der Waals surface area contributed by atoms with Crippen molar-refractivity contribution >= 4 is 31.5 Å². The first-order valence-corrected chi connectivity index (χ1v) is 14.0. The SMILES string of the molecule is O=P([O-])(O/C1=C/c2ccccc2CCc2ccccc21)O/C1=C/c2ccccc2CCc2ccccc21.[Na+]. The molecule has 0 saturated carbocycles. The molecule has 0 heterocycles. The largest absolute Gasteiger partial charge is 1.00 e. The van der Waals surface area contributed by atoms with Crippen LogP contribution >= 0.6 is 7.82 Å². The second-order valence-corrected chi connectivity index (χ2v) is 10.6. The van der Waals surface area contributed by atoms with Gasteiger partial charge in [0.25, 0.3) is 0 Å². The molecule has 2 aliphatic carbocycles. The molecular weight excluding hydrogens is 502 g/mol. The fourth-order valence-electron chi connectivity index (χ4n) is 5.15. The first-order chi connectivity index (χ1) is 18.1. The van der Waals surface area contributed by atoms with Crippen molar-refractivity contribution in [2.45, 2.75) is 25.7 Å².